The van der Waals surface area contributed by atoms with Crippen molar-refractivity contribution in [3.63, 3.8) is 0 Å². The Labute approximate surface area is 111 Å². The zero-order valence-electron chi connectivity index (χ0n) is 10.9. The summed E-state index contributed by atoms with van der Waals surface area (Å²) in [7, 11) is 5.68. The van der Waals surface area contributed by atoms with Crippen LogP contribution in [0.15, 0.2) is 16.5 Å². The highest BCUT2D eigenvalue weighted by Gasteiger charge is 2.14. The van der Waals surface area contributed by atoms with Crippen molar-refractivity contribution in [2.45, 2.75) is 17.7 Å². The first-order chi connectivity index (χ1) is 8.51. The van der Waals surface area contributed by atoms with Gasteiger partial charge in [-0.3, -0.25) is 10.1 Å². The molecule has 0 radical (unpaired) electrons. The Balaban J connectivity index is 2.42. The summed E-state index contributed by atoms with van der Waals surface area (Å²) in [5.41, 5.74) is 0. The summed E-state index contributed by atoms with van der Waals surface area (Å²) < 4.78 is 5.63. The van der Waals surface area contributed by atoms with Gasteiger partial charge in [-0.15, -0.1) is 11.8 Å². The molecule has 1 N–H and O–H groups in total. The molecule has 1 aromatic heterocycles. The minimum absolute atomic E-state index is 0.0908. The number of rotatable bonds is 8. The van der Waals surface area contributed by atoms with Crippen LogP contribution in [-0.2, 0) is 12.3 Å². The number of furan rings is 1. The van der Waals surface area contributed by atoms with E-state index in [1.54, 1.807) is 7.05 Å². The quantitative estimate of drug-likeness (QED) is 0.438. The summed E-state index contributed by atoms with van der Waals surface area (Å²) in [6.45, 7) is 0.668. The zero-order valence-corrected chi connectivity index (χ0v) is 11.7. The molecule has 18 heavy (non-hydrogen) atoms. The maximum Gasteiger partial charge on any atom is 0.228 e. The van der Waals surface area contributed by atoms with E-state index in [2.05, 4.69) is 5.32 Å². The Morgan fingerprint density at radius 3 is 2.72 bits per heavy atom. The van der Waals surface area contributed by atoms with Crippen molar-refractivity contribution in [1.29, 1.82) is 0 Å². The highest BCUT2D eigenvalue weighted by atomic mass is 32.2. The van der Waals surface area contributed by atoms with Crippen LogP contribution in [-0.4, -0.2) is 42.9 Å². The molecule has 0 aliphatic heterocycles. The number of nitrogens with one attached hydrogen (secondary N) is 1. The van der Waals surface area contributed by atoms with Crippen molar-refractivity contribution >= 4 is 11.8 Å². The second-order valence-corrected chi connectivity index (χ2v) is 5.40. The molecule has 0 aliphatic carbocycles. The lowest BCUT2D eigenvalue weighted by atomic mass is 10.4. The van der Waals surface area contributed by atoms with E-state index in [1.807, 2.05) is 31.1 Å². The average molecular weight is 273 g/mol. The van der Waals surface area contributed by atoms with Crippen molar-refractivity contribution < 1.29 is 9.34 Å². The molecular weight excluding hydrogens is 254 g/mol. The van der Waals surface area contributed by atoms with E-state index < -0.39 is 0 Å². The Kier molecular flexibility index (Phi) is 6.17. The highest BCUT2D eigenvalue weighted by molar-refractivity contribution is 7.99. The Hall–Kier alpha value is -1.05. The Morgan fingerprint density at radius 2 is 2.17 bits per heavy atom. The first-order valence-electron chi connectivity index (χ1n) is 5.64. The van der Waals surface area contributed by atoms with Gasteiger partial charge in [0.1, 0.15) is 16.9 Å². The molecule has 0 fully saturated rings. The molecule has 1 rings (SSSR count). The number of nitro groups is 1. The molecule has 0 bridgehead atoms. The second kappa shape index (κ2) is 7.40. The molecule has 0 amide bonds. The molecule has 7 heteroatoms. The van der Waals surface area contributed by atoms with Gasteiger partial charge in [0, 0.05) is 4.92 Å². The molecular formula is C11H19N3O3S. The van der Waals surface area contributed by atoms with Crippen molar-refractivity contribution in [3.05, 3.63) is 33.8 Å². The van der Waals surface area contributed by atoms with E-state index in [9.17, 15) is 10.1 Å². The Bertz CT molecular complexity index is 381. The van der Waals surface area contributed by atoms with Gasteiger partial charge in [0.15, 0.2) is 0 Å². The van der Waals surface area contributed by atoms with Crippen LogP contribution in [0.1, 0.15) is 11.5 Å². The zero-order chi connectivity index (χ0) is 13.5. The summed E-state index contributed by atoms with van der Waals surface area (Å²) in [5, 5.41) is 13.2. The van der Waals surface area contributed by atoms with Gasteiger partial charge in [-0.05, 0) is 33.3 Å². The maximum atomic E-state index is 10.4. The lowest BCUT2D eigenvalue weighted by Gasteiger charge is -2.10. The van der Waals surface area contributed by atoms with E-state index in [1.165, 1.54) is 11.8 Å². The highest BCUT2D eigenvalue weighted by Crippen LogP contribution is 2.19. The largest absolute Gasteiger partial charge is 0.464 e. The summed E-state index contributed by atoms with van der Waals surface area (Å²) in [6, 6.07) is 3.86. The number of hydrogen-bond donors (Lipinski definition) is 1. The molecule has 0 spiro atoms. The van der Waals surface area contributed by atoms with Crippen LogP contribution in [0.3, 0.4) is 0 Å². The van der Waals surface area contributed by atoms with Crippen molar-refractivity contribution in [3.8, 4) is 0 Å². The molecule has 1 unspecified atom stereocenters. The van der Waals surface area contributed by atoms with Crippen LogP contribution >= 0.6 is 11.8 Å². The van der Waals surface area contributed by atoms with Gasteiger partial charge in [0.25, 0.3) is 0 Å². The summed E-state index contributed by atoms with van der Waals surface area (Å²) in [6.07, 6.45) is 0. The Morgan fingerprint density at radius 1 is 1.50 bits per heavy atom. The lowest BCUT2D eigenvalue weighted by Crippen LogP contribution is -2.29. The topological polar surface area (TPSA) is 71.6 Å². The maximum absolute atomic E-state index is 10.4. The molecule has 1 aromatic rings. The molecule has 0 aromatic carbocycles. The van der Waals surface area contributed by atoms with E-state index in [-0.39, 0.29) is 16.8 Å². The minimum atomic E-state index is -0.312. The van der Waals surface area contributed by atoms with Crippen LogP contribution in [0.25, 0.3) is 0 Å². The summed E-state index contributed by atoms with van der Waals surface area (Å²) >= 11 is 1.48. The minimum Gasteiger partial charge on any atom is -0.464 e. The van der Waals surface area contributed by atoms with Gasteiger partial charge in [-0.2, -0.15) is 0 Å². The normalized spacial score (nSPS) is 12.9. The van der Waals surface area contributed by atoms with Gasteiger partial charge in [-0.1, -0.05) is 0 Å². The fourth-order valence-electron chi connectivity index (χ4n) is 1.44. The predicted molar refractivity (Wildman–Crippen MR) is 72.1 cm³/mol. The monoisotopic (exact) mass is 273 g/mol. The SMILES string of the molecule is CNC(C[N+](=O)[O-])SCc1ccc(CN(C)C)o1. The smallest absolute Gasteiger partial charge is 0.228 e. The van der Waals surface area contributed by atoms with E-state index in [0.717, 1.165) is 18.1 Å². The van der Waals surface area contributed by atoms with Crippen molar-refractivity contribution in [2.24, 2.45) is 0 Å². The standard InChI is InChI=1S/C11H19N3O3S/c1-12-11(7-14(15)16)18-8-10-5-4-9(17-10)6-13(2)3/h4-5,11-12H,6-8H2,1-3H3. The summed E-state index contributed by atoms with van der Waals surface area (Å²) in [4.78, 5) is 12.1. The molecule has 0 saturated carbocycles. The van der Waals surface area contributed by atoms with Gasteiger partial charge >= 0.3 is 0 Å². The molecule has 0 saturated heterocycles. The van der Waals surface area contributed by atoms with Gasteiger partial charge < -0.3 is 14.6 Å². The predicted octanol–water partition coefficient (Wildman–Crippen LogP) is 1.40. The third-order valence-electron chi connectivity index (χ3n) is 2.25. The molecule has 0 aliphatic rings. The summed E-state index contributed by atoms with van der Waals surface area (Å²) in [5.74, 6) is 2.39. The first-order valence-corrected chi connectivity index (χ1v) is 6.69. The molecule has 1 heterocycles. The van der Waals surface area contributed by atoms with Crippen LogP contribution in [0.2, 0.25) is 0 Å². The van der Waals surface area contributed by atoms with E-state index in [4.69, 9.17) is 4.42 Å². The van der Waals surface area contributed by atoms with Crippen molar-refractivity contribution in [1.82, 2.24) is 10.2 Å². The van der Waals surface area contributed by atoms with Gasteiger partial charge in [0.2, 0.25) is 6.54 Å². The van der Waals surface area contributed by atoms with Gasteiger partial charge in [0.05, 0.1) is 12.3 Å². The van der Waals surface area contributed by atoms with Crippen LogP contribution in [0.5, 0.6) is 0 Å². The fourth-order valence-corrected chi connectivity index (χ4v) is 2.36. The van der Waals surface area contributed by atoms with E-state index >= 15 is 0 Å². The average Bonchev–Trinajstić information content (AvgIpc) is 2.70. The van der Waals surface area contributed by atoms with E-state index in [0.29, 0.717) is 5.75 Å². The lowest BCUT2D eigenvalue weighted by molar-refractivity contribution is -0.479. The molecule has 102 valence electrons. The van der Waals surface area contributed by atoms with Crippen LogP contribution in [0, 0.1) is 10.1 Å². The van der Waals surface area contributed by atoms with Crippen LogP contribution in [0.4, 0.5) is 0 Å². The third-order valence-corrected chi connectivity index (χ3v) is 3.49. The number of hydrogen-bond acceptors (Lipinski definition) is 6. The third kappa shape index (κ3) is 5.52. The molecule has 6 nitrogen and oxygen atoms in total. The fraction of sp³-hybridized carbons (Fsp3) is 0.636. The second-order valence-electron chi connectivity index (χ2n) is 4.21. The van der Waals surface area contributed by atoms with Gasteiger partial charge in [-0.25, -0.2) is 0 Å². The van der Waals surface area contributed by atoms with Crippen LogP contribution < -0.4 is 5.32 Å². The van der Waals surface area contributed by atoms with Crippen molar-refractivity contribution in [2.75, 3.05) is 27.7 Å². The number of thioether (sulfide) groups is 1. The first kappa shape index (κ1) is 15.0. The number of nitrogens with zero attached hydrogens (tertiary/aromatic N) is 2. The molecule has 1 atom stereocenters. The number of likely N-dealkylation sites (N-methyl/N-ethyl adjacent to an activating group) is 1.